The SMILES string of the molecule is CC[C@@H](CNC(=O)[C@H](C)OC(=O)c1ccc(COC(C)C)cc1)c1ccccc1. The summed E-state index contributed by atoms with van der Waals surface area (Å²) < 4.78 is 10.9. The van der Waals surface area contributed by atoms with E-state index in [2.05, 4.69) is 24.4 Å². The lowest BCUT2D eigenvalue weighted by Crippen LogP contribution is -2.38. The van der Waals surface area contributed by atoms with E-state index in [0.29, 0.717) is 18.7 Å². The van der Waals surface area contributed by atoms with Crippen LogP contribution < -0.4 is 5.32 Å². The maximum Gasteiger partial charge on any atom is 0.338 e. The van der Waals surface area contributed by atoms with E-state index in [1.807, 2.05) is 44.2 Å². The Morgan fingerprint density at radius 2 is 1.62 bits per heavy atom. The van der Waals surface area contributed by atoms with E-state index in [4.69, 9.17) is 9.47 Å². The van der Waals surface area contributed by atoms with E-state index in [1.54, 1.807) is 19.1 Å². The standard InChI is InChI=1S/C24H31NO4/c1-5-20(21-9-7-6-8-10-21)15-25-23(26)18(4)29-24(27)22-13-11-19(12-14-22)16-28-17(2)3/h6-14,17-18,20H,5,15-16H2,1-4H3,(H,25,26)/t18-,20-/m0/s1. The Balaban J connectivity index is 1.84. The minimum atomic E-state index is -0.861. The molecule has 0 spiro atoms. The van der Waals surface area contributed by atoms with E-state index in [9.17, 15) is 9.59 Å². The van der Waals surface area contributed by atoms with Crippen LogP contribution in [-0.2, 0) is 20.9 Å². The fraction of sp³-hybridized carbons (Fsp3) is 0.417. The lowest BCUT2D eigenvalue weighted by atomic mass is 9.96. The maximum atomic E-state index is 12.4. The van der Waals surface area contributed by atoms with Gasteiger partial charge in [0.15, 0.2) is 6.10 Å². The summed E-state index contributed by atoms with van der Waals surface area (Å²) in [6.07, 6.45) is 0.193. The fourth-order valence-corrected chi connectivity index (χ4v) is 2.87. The molecule has 5 heteroatoms. The molecule has 0 saturated carbocycles. The lowest BCUT2D eigenvalue weighted by Gasteiger charge is -2.18. The van der Waals surface area contributed by atoms with Crippen molar-refractivity contribution in [3.63, 3.8) is 0 Å². The average molecular weight is 398 g/mol. The van der Waals surface area contributed by atoms with Crippen LogP contribution in [0, 0.1) is 0 Å². The summed E-state index contributed by atoms with van der Waals surface area (Å²) >= 11 is 0. The van der Waals surface area contributed by atoms with Gasteiger partial charge in [0.1, 0.15) is 0 Å². The molecule has 0 aliphatic rings. The summed E-state index contributed by atoms with van der Waals surface area (Å²) in [4.78, 5) is 24.7. The molecule has 0 aliphatic carbocycles. The molecule has 0 aromatic heterocycles. The number of carbonyl (C=O) groups excluding carboxylic acids is 2. The van der Waals surface area contributed by atoms with Gasteiger partial charge in [-0.25, -0.2) is 4.79 Å². The fourth-order valence-electron chi connectivity index (χ4n) is 2.87. The summed E-state index contributed by atoms with van der Waals surface area (Å²) in [6.45, 7) is 8.61. The minimum Gasteiger partial charge on any atom is -0.449 e. The van der Waals surface area contributed by atoms with E-state index < -0.39 is 12.1 Å². The molecule has 0 fully saturated rings. The summed E-state index contributed by atoms with van der Waals surface area (Å²) in [5, 5.41) is 2.89. The molecule has 156 valence electrons. The molecule has 2 aromatic rings. The average Bonchev–Trinajstić information content (AvgIpc) is 2.73. The molecule has 0 radical (unpaired) electrons. The van der Waals surface area contributed by atoms with Crippen LogP contribution in [0.3, 0.4) is 0 Å². The normalized spacial score (nSPS) is 13.0. The predicted molar refractivity (Wildman–Crippen MR) is 114 cm³/mol. The molecule has 5 nitrogen and oxygen atoms in total. The molecule has 1 N–H and O–H groups in total. The van der Waals surface area contributed by atoms with Crippen molar-refractivity contribution < 1.29 is 19.1 Å². The van der Waals surface area contributed by atoms with Gasteiger partial charge >= 0.3 is 5.97 Å². The third-order valence-corrected chi connectivity index (χ3v) is 4.71. The zero-order valence-corrected chi connectivity index (χ0v) is 17.7. The van der Waals surface area contributed by atoms with E-state index >= 15 is 0 Å². The van der Waals surface area contributed by atoms with Crippen molar-refractivity contribution in [2.75, 3.05) is 6.54 Å². The molecule has 0 saturated heterocycles. The molecular weight excluding hydrogens is 366 g/mol. The van der Waals surface area contributed by atoms with Crippen LogP contribution in [0.25, 0.3) is 0 Å². The van der Waals surface area contributed by atoms with Crippen LogP contribution in [0.1, 0.15) is 61.5 Å². The quantitative estimate of drug-likeness (QED) is 0.601. The van der Waals surface area contributed by atoms with E-state index in [0.717, 1.165) is 12.0 Å². The molecule has 0 bridgehead atoms. The van der Waals surface area contributed by atoms with Crippen molar-refractivity contribution in [2.45, 2.75) is 58.8 Å². The Morgan fingerprint density at radius 1 is 0.966 bits per heavy atom. The van der Waals surface area contributed by atoms with Crippen molar-refractivity contribution in [1.82, 2.24) is 5.32 Å². The van der Waals surface area contributed by atoms with Gasteiger partial charge in [-0.3, -0.25) is 4.79 Å². The summed E-state index contributed by atoms with van der Waals surface area (Å²) in [6, 6.07) is 17.1. The Bertz CT molecular complexity index is 771. The van der Waals surface area contributed by atoms with Crippen LogP contribution in [0.4, 0.5) is 0 Å². The third-order valence-electron chi connectivity index (χ3n) is 4.71. The molecule has 0 aliphatic heterocycles. The first-order valence-electron chi connectivity index (χ1n) is 10.1. The second-order valence-corrected chi connectivity index (χ2v) is 7.37. The smallest absolute Gasteiger partial charge is 0.338 e. The topological polar surface area (TPSA) is 64.6 Å². The van der Waals surface area contributed by atoms with Gasteiger partial charge in [0.25, 0.3) is 5.91 Å². The Kier molecular flexibility index (Phi) is 8.87. The van der Waals surface area contributed by atoms with Gasteiger partial charge in [-0.05, 0) is 50.5 Å². The van der Waals surface area contributed by atoms with Crippen LogP contribution >= 0.6 is 0 Å². The Hall–Kier alpha value is -2.66. The summed E-state index contributed by atoms with van der Waals surface area (Å²) in [7, 11) is 0. The lowest BCUT2D eigenvalue weighted by molar-refractivity contribution is -0.129. The van der Waals surface area contributed by atoms with E-state index in [-0.39, 0.29) is 17.9 Å². The second kappa shape index (κ2) is 11.4. The summed E-state index contributed by atoms with van der Waals surface area (Å²) in [5.41, 5.74) is 2.57. The molecule has 2 atom stereocenters. The number of nitrogens with one attached hydrogen (secondary N) is 1. The van der Waals surface area contributed by atoms with Crippen LogP contribution in [0.2, 0.25) is 0 Å². The zero-order chi connectivity index (χ0) is 21.2. The first kappa shape index (κ1) is 22.6. The van der Waals surface area contributed by atoms with Gasteiger partial charge in [0, 0.05) is 12.5 Å². The van der Waals surface area contributed by atoms with Crippen molar-refractivity contribution in [3.05, 3.63) is 71.3 Å². The van der Waals surface area contributed by atoms with Crippen molar-refractivity contribution in [3.8, 4) is 0 Å². The summed E-state index contributed by atoms with van der Waals surface area (Å²) in [5.74, 6) is -0.586. The highest BCUT2D eigenvalue weighted by molar-refractivity contribution is 5.92. The number of esters is 1. The van der Waals surface area contributed by atoms with Gasteiger partial charge in [-0.2, -0.15) is 0 Å². The van der Waals surface area contributed by atoms with Gasteiger partial charge in [0.05, 0.1) is 18.3 Å². The number of hydrogen-bond acceptors (Lipinski definition) is 4. The van der Waals surface area contributed by atoms with Crippen molar-refractivity contribution >= 4 is 11.9 Å². The zero-order valence-electron chi connectivity index (χ0n) is 17.7. The van der Waals surface area contributed by atoms with Crippen LogP contribution in [-0.4, -0.2) is 30.6 Å². The van der Waals surface area contributed by atoms with E-state index in [1.165, 1.54) is 5.56 Å². The molecule has 2 aromatic carbocycles. The molecule has 1 amide bonds. The van der Waals surface area contributed by atoms with Gasteiger partial charge in [-0.1, -0.05) is 49.4 Å². The molecular formula is C24H31NO4. The number of benzene rings is 2. The molecule has 0 unspecified atom stereocenters. The Labute approximate surface area is 173 Å². The first-order valence-corrected chi connectivity index (χ1v) is 10.1. The third kappa shape index (κ3) is 7.35. The number of hydrogen-bond donors (Lipinski definition) is 1. The molecule has 2 rings (SSSR count). The van der Waals surface area contributed by atoms with Gasteiger partial charge < -0.3 is 14.8 Å². The number of ether oxygens (including phenoxy) is 2. The largest absolute Gasteiger partial charge is 0.449 e. The highest BCUT2D eigenvalue weighted by atomic mass is 16.5. The number of amides is 1. The number of rotatable bonds is 10. The van der Waals surface area contributed by atoms with Crippen LogP contribution in [0.5, 0.6) is 0 Å². The van der Waals surface area contributed by atoms with Crippen molar-refractivity contribution in [1.29, 1.82) is 0 Å². The predicted octanol–water partition coefficient (Wildman–Crippen LogP) is 4.47. The number of carbonyl (C=O) groups is 2. The monoisotopic (exact) mass is 397 g/mol. The molecule has 0 heterocycles. The molecule has 29 heavy (non-hydrogen) atoms. The first-order chi connectivity index (χ1) is 13.9. The minimum absolute atomic E-state index is 0.146. The maximum absolute atomic E-state index is 12.4. The van der Waals surface area contributed by atoms with Gasteiger partial charge in [0.2, 0.25) is 0 Å². The van der Waals surface area contributed by atoms with Crippen LogP contribution in [0.15, 0.2) is 54.6 Å². The van der Waals surface area contributed by atoms with Gasteiger partial charge in [-0.15, -0.1) is 0 Å². The second-order valence-electron chi connectivity index (χ2n) is 7.37. The Morgan fingerprint density at radius 3 is 2.21 bits per heavy atom. The highest BCUT2D eigenvalue weighted by Crippen LogP contribution is 2.18. The highest BCUT2D eigenvalue weighted by Gasteiger charge is 2.20. The van der Waals surface area contributed by atoms with Crippen molar-refractivity contribution in [2.24, 2.45) is 0 Å².